The summed E-state index contributed by atoms with van der Waals surface area (Å²) in [6, 6.07) is 21.9. The Labute approximate surface area is 150 Å². The average molecular weight is 356 g/mol. The van der Waals surface area contributed by atoms with Gasteiger partial charge in [0.2, 0.25) is 0 Å². The van der Waals surface area contributed by atoms with Gasteiger partial charge >= 0.3 is 6.61 Å². The molecule has 1 N–H and O–H groups in total. The maximum atomic E-state index is 12.6. The first-order valence-electron chi connectivity index (χ1n) is 8.12. The summed E-state index contributed by atoms with van der Waals surface area (Å²) in [4.78, 5) is 0. The average Bonchev–Trinajstić information content (AvgIpc) is 2.67. The molecule has 0 saturated heterocycles. The van der Waals surface area contributed by atoms with Gasteiger partial charge < -0.3 is 14.6 Å². The van der Waals surface area contributed by atoms with Gasteiger partial charge in [-0.05, 0) is 23.3 Å². The highest BCUT2D eigenvalue weighted by molar-refractivity contribution is 5.72. The number of aliphatic hydroxyl groups excluding tert-OH is 1. The van der Waals surface area contributed by atoms with Crippen molar-refractivity contribution in [1.29, 1.82) is 0 Å². The standard InChI is InChI=1S/C21H18F2O3/c22-21(23)26-20-12-16(10-11-17(20)13-24)18-8-4-5-9-19(18)25-14-15-6-2-1-3-7-15/h1-12,21,24H,13-14H2. The Hall–Kier alpha value is -2.92. The molecule has 3 nitrogen and oxygen atoms in total. The molecule has 0 aliphatic carbocycles. The van der Waals surface area contributed by atoms with Gasteiger partial charge in [0, 0.05) is 11.1 Å². The summed E-state index contributed by atoms with van der Waals surface area (Å²) in [5, 5.41) is 9.31. The Morgan fingerprint density at radius 2 is 1.58 bits per heavy atom. The fourth-order valence-corrected chi connectivity index (χ4v) is 2.62. The Balaban J connectivity index is 1.89. The topological polar surface area (TPSA) is 38.7 Å². The van der Waals surface area contributed by atoms with Gasteiger partial charge in [0.15, 0.2) is 0 Å². The van der Waals surface area contributed by atoms with Gasteiger partial charge in [0.25, 0.3) is 0 Å². The highest BCUT2D eigenvalue weighted by Crippen LogP contribution is 2.34. The van der Waals surface area contributed by atoms with E-state index in [1.54, 1.807) is 12.1 Å². The van der Waals surface area contributed by atoms with Gasteiger partial charge in [0.1, 0.15) is 18.1 Å². The lowest BCUT2D eigenvalue weighted by atomic mass is 10.0. The van der Waals surface area contributed by atoms with Crippen molar-refractivity contribution in [2.45, 2.75) is 19.8 Å². The van der Waals surface area contributed by atoms with Crippen molar-refractivity contribution in [2.24, 2.45) is 0 Å². The lowest BCUT2D eigenvalue weighted by molar-refractivity contribution is -0.0509. The zero-order valence-electron chi connectivity index (χ0n) is 13.9. The summed E-state index contributed by atoms with van der Waals surface area (Å²) in [5.41, 5.74) is 2.75. The van der Waals surface area contributed by atoms with E-state index >= 15 is 0 Å². The molecule has 0 amide bonds. The SMILES string of the molecule is OCc1ccc(-c2ccccc2OCc2ccccc2)cc1OC(F)F. The van der Waals surface area contributed by atoms with Gasteiger partial charge in [0.05, 0.1) is 6.61 Å². The molecule has 0 atom stereocenters. The van der Waals surface area contributed by atoms with E-state index in [0.717, 1.165) is 11.1 Å². The van der Waals surface area contributed by atoms with Crippen LogP contribution >= 0.6 is 0 Å². The molecule has 0 fully saturated rings. The lowest BCUT2D eigenvalue weighted by Crippen LogP contribution is -2.05. The molecule has 0 aliphatic heterocycles. The minimum Gasteiger partial charge on any atom is -0.488 e. The van der Waals surface area contributed by atoms with Crippen LogP contribution in [0, 0.1) is 0 Å². The molecule has 134 valence electrons. The van der Waals surface area contributed by atoms with E-state index in [0.29, 0.717) is 23.5 Å². The molecule has 3 aromatic rings. The third-order valence-corrected chi connectivity index (χ3v) is 3.89. The van der Waals surface area contributed by atoms with Crippen molar-refractivity contribution in [1.82, 2.24) is 0 Å². The number of para-hydroxylation sites is 1. The summed E-state index contributed by atoms with van der Waals surface area (Å²) in [5.74, 6) is 0.592. The normalized spacial score (nSPS) is 10.8. The Bertz CT molecular complexity index is 851. The smallest absolute Gasteiger partial charge is 0.387 e. The molecule has 0 aromatic heterocycles. The molecule has 3 aromatic carbocycles. The second-order valence-electron chi connectivity index (χ2n) is 5.63. The highest BCUT2D eigenvalue weighted by atomic mass is 19.3. The summed E-state index contributed by atoms with van der Waals surface area (Å²) in [6.45, 7) is -2.94. The van der Waals surface area contributed by atoms with Crippen LogP contribution in [0.15, 0.2) is 72.8 Å². The predicted molar refractivity (Wildman–Crippen MR) is 95.2 cm³/mol. The number of halogens is 2. The van der Waals surface area contributed by atoms with Crippen LogP contribution in [0.2, 0.25) is 0 Å². The minimum absolute atomic E-state index is 0.0436. The number of aliphatic hydroxyl groups is 1. The van der Waals surface area contributed by atoms with E-state index in [2.05, 4.69) is 4.74 Å². The van der Waals surface area contributed by atoms with Crippen molar-refractivity contribution >= 4 is 0 Å². The number of alkyl halides is 2. The number of ether oxygens (including phenoxy) is 2. The molecule has 0 heterocycles. The number of rotatable bonds is 7. The predicted octanol–water partition coefficient (Wildman–Crippen LogP) is 5.03. The van der Waals surface area contributed by atoms with Crippen LogP contribution in [0.25, 0.3) is 11.1 Å². The van der Waals surface area contributed by atoms with Crippen molar-refractivity contribution in [3.05, 3.63) is 83.9 Å². The number of hydrogen-bond donors (Lipinski definition) is 1. The van der Waals surface area contributed by atoms with Crippen molar-refractivity contribution in [3.63, 3.8) is 0 Å². The molecule has 26 heavy (non-hydrogen) atoms. The van der Waals surface area contributed by atoms with Crippen molar-refractivity contribution < 1.29 is 23.4 Å². The Kier molecular flexibility index (Phi) is 5.81. The molecular weight excluding hydrogens is 338 g/mol. The molecule has 0 aliphatic rings. The minimum atomic E-state index is -2.96. The number of benzene rings is 3. The zero-order valence-corrected chi connectivity index (χ0v) is 13.9. The lowest BCUT2D eigenvalue weighted by Gasteiger charge is -2.14. The molecule has 3 rings (SSSR count). The van der Waals surface area contributed by atoms with E-state index in [9.17, 15) is 13.9 Å². The fourth-order valence-electron chi connectivity index (χ4n) is 2.62. The summed E-state index contributed by atoms with van der Waals surface area (Å²) < 4.78 is 35.7. The van der Waals surface area contributed by atoms with E-state index in [1.165, 1.54) is 6.07 Å². The third kappa shape index (κ3) is 4.37. The van der Waals surface area contributed by atoms with Gasteiger partial charge in [-0.1, -0.05) is 60.7 Å². The maximum Gasteiger partial charge on any atom is 0.387 e. The van der Waals surface area contributed by atoms with Gasteiger partial charge in [-0.15, -0.1) is 0 Å². The molecular formula is C21H18F2O3. The van der Waals surface area contributed by atoms with Gasteiger partial charge in [-0.25, -0.2) is 0 Å². The largest absolute Gasteiger partial charge is 0.488 e. The second kappa shape index (κ2) is 8.45. The van der Waals surface area contributed by atoms with E-state index in [-0.39, 0.29) is 12.4 Å². The van der Waals surface area contributed by atoms with Crippen LogP contribution in [0.3, 0.4) is 0 Å². The van der Waals surface area contributed by atoms with Gasteiger partial charge in [-0.2, -0.15) is 8.78 Å². The molecule has 0 bridgehead atoms. The van der Waals surface area contributed by atoms with Crippen molar-refractivity contribution in [3.8, 4) is 22.6 Å². The first kappa shape index (κ1) is 17.9. The Morgan fingerprint density at radius 1 is 0.846 bits per heavy atom. The Morgan fingerprint density at radius 3 is 2.31 bits per heavy atom. The monoisotopic (exact) mass is 356 g/mol. The summed E-state index contributed by atoms with van der Waals surface area (Å²) >= 11 is 0. The second-order valence-corrected chi connectivity index (χ2v) is 5.63. The quantitative estimate of drug-likeness (QED) is 0.646. The maximum absolute atomic E-state index is 12.6. The van der Waals surface area contributed by atoms with Crippen LogP contribution in [-0.4, -0.2) is 11.7 Å². The summed E-state index contributed by atoms with van der Waals surface area (Å²) in [7, 11) is 0. The van der Waals surface area contributed by atoms with E-state index in [1.807, 2.05) is 54.6 Å². The third-order valence-electron chi connectivity index (χ3n) is 3.89. The first-order chi connectivity index (χ1) is 12.7. The van der Waals surface area contributed by atoms with Crippen LogP contribution in [-0.2, 0) is 13.2 Å². The first-order valence-corrected chi connectivity index (χ1v) is 8.12. The molecule has 5 heteroatoms. The zero-order chi connectivity index (χ0) is 18.4. The molecule has 0 saturated carbocycles. The van der Waals surface area contributed by atoms with Crippen LogP contribution in [0.4, 0.5) is 8.78 Å². The summed E-state index contributed by atoms with van der Waals surface area (Å²) in [6.07, 6.45) is 0. The van der Waals surface area contributed by atoms with Crippen LogP contribution < -0.4 is 9.47 Å². The van der Waals surface area contributed by atoms with E-state index in [4.69, 9.17) is 4.74 Å². The van der Waals surface area contributed by atoms with Crippen molar-refractivity contribution in [2.75, 3.05) is 0 Å². The fraction of sp³-hybridized carbons (Fsp3) is 0.143. The highest BCUT2D eigenvalue weighted by Gasteiger charge is 2.13. The molecule has 0 spiro atoms. The van der Waals surface area contributed by atoms with Crippen LogP contribution in [0.5, 0.6) is 11.5 Å². The number of hydrogen-bond acceptors (Lipinski definition) is 3. The van der Waals surface area contributed by atoms with Crippen LogP contribution in [0.1, 0.15) is 11.1 Å². The molecule has 0 unspecified atom stereocenters. The molecule has 0 radical (unpaired) electrons. The van der Waals surface area contributed by atoms with E-state index < -0.39 is 6.61 Å². The van der Waals surface area contributed by atoms with Gasteiger partial charge in [-0.3, -0.25) is 0 Å².